The first-order valence-corrected chi connectivity index (χ1v) is 14.8. The number of hydrogen-bond acceptors (Lipinski definition) is 7. The third-order valence-corrected chi connectivity index (χ3v) is 8.46. The van der Waals surface area contributed by atoms with Crippen LogP contribution in [-0.2, 0) is 9.53 Å². The number of pyridine rings is 2. The number of anilines is 1. The Bertz CT molecular complexity index is 2040. The highest BCUT2D eigenvalue weighted by molar-refractivity contribution is 6.16. The van der Waals surface area contributed by atoms with Gasteiger partial charge in [0.2, 0.25) is 0 Å². The van der Waals surface area contributed by atoms with Crippen LogP contribution in [0.25, 0.3) is 49.5 Å². The number of fused-ring (bicyclic) bond motifs is 4. The number of nitrogens with zero attached hydrogens (tertiary/aromatic N) is 3. The highest BCUT2D eigenvalue weighted by Gasteiger charge is 2.25. The molecule has 1 fully saturated rings. The number of rotatable bonds is 7. The van der Waals surface area contributed by atoms with E-state index >= 15 is 0 Å². The molecule has 0 aliphatic heterocycles. The summed E-state index contributed by atoms with van der Waals surface area (Å²) in [5, 5.41) is 6.82. The lowest BCUT2D eigenvalue weighted by molar-refractivity contribution is -0.148. The van der Waals surface area contributed by atoms with Crippen LogP contribution in [0, 0.1) is 0 Å². The van der Waals surface area contributed by atoms with Gasteiger partial charge in [0.05, 0.1) is 40.7 Å². The molecule has 0 radical (unpaired) electrons. The maximum atomic E-state index is 12.4. The monoisotopic (exact) mass is 584 g/mol. The quantitative estimate of drug-likeness (QED) is 0.204. The van der Waals surface area contributed by atoms with Gasteiger partial charge in [-0.2, -0.15) is 0 Å². The van der Waals surface area contributed by atoms with E-state index in [0.29, 0.717) is 18.5 Å². The molecule has 0 saturated heterocycles. The van der Waals surface area contributed by atoms with Gasteiger partial charge in [-0.15, -0.1) is 0 Å². The lowest BCUT2D eigenvalue weighted by atomic mass is 9.92. The van der Waals surface area contributed by atoms with Crippen molar-refractivity contribution in [3.63, 3.8) is 0 Å². The van der Waals surface area contributed by atoms with Crippen LogP contribution in [0.3, 0.4) is 0 Å². The van der Waals surface area contributed by atoms with Crippen LogP contribution in [0.4, 0.5) is 5.69 Å². The summed E-state index contributed by atoms with van der Waals surface area (Å²) < 4.78 is 7.60. The molecule has 9 nitrogen and oxygen atoms in total. The summed E-state index contributed by atoms with van der Waals surface area (Å²) in [5.74, 6) is -0.988. The van der Waals surface area contributed by atoms with Gasteiger partial charge in [-0.1, -0.05) is 48.5 Å². The molecule has 5 N–H and O–H groups in total. The van der Waals surface area contributed by atoms with Gasteiger partial charge in [-0.05, 0) is 61.6 Å². The predicted octanol–water partition coefficient (Wildman–Crippen LogP) is 5.72. The molecular formula is C35H32N6O3. The Labute approximate surface area is 253 Å². The number of ether oxygens (including phenoxy) is 1. The Morgan fingerprint density at radius 3 is 2.48 bits per heavy atom. The summed E-state index contributed by atoms with van der Waals surface area (Å²) in [6.45, 7) is -0.123. The van der Waals surface area contributed by atoms with Gasteiger partial charge >= 0.3 is 5.97 Å². The molecule has 9 heteroatoms. The molecule has 0 unspecified atom stereocenters. The number of amides is 1. The molecule has 1 saturated carbocycles. The van der Waals surface area contributed by atoms with Crippen LogP contribution in [0.5, 0.6) is 0 Å². The van der Waals surface area contributed by atoms with Crippen LogP contribution in [0.1, 0.15) is 36.2 Å². The standard InChI is InChI=1S/C35H32N6O3/c36-18-32(42)44-25-14-12-23(13-15-25)40-29-17-24(20-39-34(29)35(37)43)41-30-10-4-2-7-27(30)33-26(8-5-11-31(33)41)22-16-21-6-1-3-9-28(21)38-19-22/h1-11,16-17,19-20,23,25,40H,12-15,18,36H2,(H2,37,43). The van der Waals surface area contributed by atoms with Crippen LogP contribution in [0.15, 0.2) is 91.3 Å². The SMILES string of the molecule is NCC(=O)OC1CCC(Nc2cc(-n3c4ccccc4c4c(-c5cnc6ccccc6c5)cccc43)cnc2C(N)=O)CC1. The van der Waals surface area contributed by atoms with Crippen molar-refractivity contribution in [2.45, 2.75) is 37.8 Å². The Morgan fingerprint density at radius 1 is 0.886 bits per heavy atom. The Kier molecular flexibility index (Phi) is 7.15. The number of benzene rings is 3. The van der Waals surface area contributed by atoms with Crippen molar-refractivity contribution >= 4 is 50.3 Å². The molecule has 1 amide bonds. The molecule has 0 atom stereocenters. The highest BCUT2D eigenvalue weighted by Crippen LogP contribution is 2.39. The van der Waals surface area contributed by atoms with Gasteiger partial charge in [0.25, 0.3) is 5.91 Å². The van der Waals surface area contributed by atoms with Gasteiger partial charge in [-0.3, -0.25) is 14.6 Å². The van der Waals surface area contributed by atoms with Gasteiger partial charge in [0, 0.05) is 34.0 Å². The third kappa shape index (κ3) is 5.01. The number of aromatic nitrogens is 3. The number of primary amides is 1. The molecular weight excluding hydrogens is 552 g/mol. The van der Waals surface area contributed by atoms with E-state index in [-0.39, 0.29) is 30.4 Å². The first-order valence-electron chi connectivity index (χ1n) is 14.8. The van der Waals surface area contributed by atoms with E-state index in [1.54, 1.807) is 6.20 Å². The van der Waals surface area contributed by atoms with Crippen molar-refractivity contribution in [3.05, 3.63) is 97.0 Å². The third-order valence-electron chi connectivity index (χ3n) is 8.46. The van der Waals surface area contributed by atoms with E-state index in [1.165, 1.54) is 0 Å². The number of para-hydroxylation sites is 2. The maximum absolute atomic E-state index is 12.4. The summed E-state index contributed by atoms with van der Waals surface area (Å²) in [7, 11) is 0. The zero-order valence-corrected chi connectivity index (χ0v) is 24.1. The first kappa shape index (κ1) is 27.5. The zero-order chi connectivity index (χ0) is 30.2. The van der Waals surface area contributed by atoms with E-state index in [0.717, 1.165) is 62.4 Å². The fourth-order valence-corrected chi connectivity index (χ4v) is 6.42. The van der Waals surface area contributed by atoms with Gasteiger partial charge < -0.3 is 26.1 Å². The van der Waals surface area contributed by atoms with Gasteiger partial charge in [0.15, 0.2) is 5.69 Å². The predicted molar refractivity (Wildman–Crippen MR) is 173 cm³/mol. The Hall–Kier alpha value is -5.28. The number of carbonyl (C=O) groups is 2. The van der Waals surface area contributed by atoms with E-state index in [9.17, 15) is 9.59 Å². The lowest BCUT2D eigenvalue weighted by Gasteiger charge is -2.30. The van der Waals surface area contributed by atoms with E-state index < -0.39 is 5.91 Å². The average Bonchev–Trinajstić information content (AvgIpc) is 3.40. The highest BCUT2D eigenvalue weighted by atomic mass is 16.5. The molecule has 7 rings (SSSR count). The molecule has 1 aliphatic carbocycles. The van der Waals surface area contributed by atoms with Crippen LogP contribution >= 0.6 is 0 Å². The molecule has 6 aromatic rings. The topological polar surface area (TPSA) is 138 Å². The number of nitrogens with two attached hydrogens (primary N) is 2. The largest absolute Gasteiger partial charge is 0.461 e. The number of carbonyl (C=O) groups excluding carboxylic acids is 2. The molecule has 220 valence electrons. The Morgan fingerprint density at radius 2 is 1.66 bits per heavy atom. The summed E-state index contributed by atoms with van der Waals surface area (Å²) in [5.41, 5.74) is 17.9. The van der Waals surface area contributed by atoms with Gasteiger partial charge in [0.1, 0.15) is 6.10 Å². The van der Waals surface area contributed by atoms with Gasteiger partial charge in [-0.25, -0.2) is 4.98 Å². The number of esters is 1. The second-order valence-electron chi connectivity index (χ2n) is 11.2. The minimum atomic E-state index is -0.599. The van der Waals surface area contributed by atoms with Crippen molar-refractivity contribution in [3.8, 4) is 16.8 Å². The molecule has 0 bridgehead atoms. The molecule has 44 heavy (non-hydrogen) atoms. The summed E-state index contributed by atoms with van der Waals surface area (Å²) in [6, 6.07) is 26.9. The van der Waals surface area contributed by atoms with Crippen molar-refractivity contribution < 1.29 is 14.3 Å². The summed E-state index contributed by atoms with van der Waals surface area (Å²) in [4.78, 5) is 33.3. The Balaban J connectivity index is 1.30. The molecule has 0 spiro atoms. The normalized spacial score (nSPS) is 16.8. The maximum Gasteiger partial charge on any atom is 0.319 e. The minimum absolute atomic E-state index is 0.0723. The van der Waals surface area contributed by atoms with Crippen molar-refractivity contribution in [2.75, 3.05) is 11.9 Å². The average molecular weight is 585 g/mol. The van der Waals surface area contributed by atoms with E-state index in [2.05, 4.69) is 57.3 Å². The van der Waals surface area contributed by atoms with Crippen molar-refractivity contribution in [1.29, 1.82) is 0 Å². The molecule has 3 heterocycles. The van der Waals surface area contributed by atoms with Crippen molar-refractivity contribution in [2.24, 2.45) is 11.5 Å². The smallest absolute Gasteiger partial charge is 0.319 e. The van der Waals surface area contributed by atoms with E-state index in [4.69, 9.17) is 21.2 Å². The summed E-state index contributed by atoms with van der Waals surface area (Å²) >= 11 is 0. The van der Waals surface area contributed by atoms with Crippen LogP contribution in [0.2, 0.25) is 0 Å². The summed E-state index contributed by atoms with van der Waals surface area (Å²) in [6.07, 6.45) is 6.44. The van der Waals surface area contributed by atoms with E-state index in [1.807, 2.05) is 42.6 Å². The molecule has 1 aliphatic rings. The minimum Gasteiger partial charge on any atom is -0.461 e. The second-order valence-corrected chi connectivity index (χ2v) is 11.2. The van der Waals surface area contributed by atoms with Crippen molar-refractivity contribution in [1.82, 2.24) is 14.5 Å². The first-order chi connectivity index (χ1) is 21.5. The molecule has 3 aromatic heterocycles. The number of hydrogen-bond donors (Lipinski definition) is 3. The molecule has 3 aromatic carbocycles. The van der Waals surface area contributed by atoms with Crippen LogP contribution in [-0.4, -0.2) is 45.1 Å². The lowest BCUT2D eigenvalue weighted by Crippen LogP contribution is -2.33. The van der Waals surface area contributed by atoms with Crippen LogP contribution < -0.4 is 16.8 Å². The fourth-order valence-electron chi connectivity index (χ4n) is 6.42. The number of nitrogens with one attached hydrogen (secondary N) is 1. The fraction of sp³-hybridized carbons (Fsp3) is 0.200. The second kappa shape index (κ2) is 11.4. The zero-order valence-electron chi connectivity index (χ0n) is 24.1.